The third-order valence-electron chi connectivity index (χ3n) is 6.26. The van der Waals surface area contributed by atoms with Gasteiger partial charge in [-0.15, -0.1) is 13.2 Å². The molecule has 32 heavy (non-hydrogen) atoms. The maximum Gasteiger partial charge on any atom is 0.573 e. The van der Waals surface area contributed by atoms with Crippen molar-refractivity contribution < 1.29 is 31.9 Å². The number of nitrogens with one attached hydrogen (secondary N) is 2. The van der Waals surface area contributed by atoms with E-state index in [9.17, 15) is 27.2 Å². The molecule has 0 radical (unpaired) electrons. The van der Waals surface area contributed by atoms with Gasteiger partial charge in [-0.05, 0) is 62.6 Å². The van der Waals surface area contributed by atoms with Crippen molar-refractivity contribution in [3.8, 4) is 5.75 Å². The Morgan fingerprint density at radius 1 is 1.22 bits per heavy atom. The molecule has 1 saturated carbocycles. The predicted molar refractivity (Wildman–Crippen MR) is 110 cm³/mol. The quantitative estimate of drug-likeness (QED) is 0.584. The van der Waals surface area contributed by atoms with Crippen molar-refractivity contribution in [1.82, 2.24) is 15.5 Å². The minimum absolute atomic E-state index is 0.0167. The summed E-state index contributed by atoms with van der Waals surface area (Å²) in [5, 5.41) is 5.72. The zero-order chi connectivity index (χ0) is 23.7. The summed E-state index contributed by atoms with van der Waals surface area (Å²) >= 11 is 0. The van der Waals surface area contributed by atoms with E-state index in [1.807, 2.05) is 20.8 Å². The first-order valence-electron chi connectivity index (χ1n) is 10.7. The number of hydrogen-bond acceptors (Lipinski definition) is 4. The Hall–Kier alpha value is -2.36. The standard InChI is InChI=1S/C22H29F4N3O3/c1-4-20(2,3)28-18(30)11-29-12-21(13-29)8-14(9-21)10-27-19(31)15-5-6-16(23)17(7-15)32-22(24,25)26/h5-7,14H,4,8-13H2,1-3H3,(H,27,31)(H,28,30). The highest BCUT2D eigenvalue weighted by Gasteiger charge is 2.52. The van der Waals surface area contributed by atoms with Crippen molar-refractivity contribution in [3.05, 3.63) is 29.6 Å². The van der Waals surface area contributed by atoms with E-state index in [0.717, 1.165) is 50.6 Å². The van der Waals surface area contributed by atoms with Gasteiger partial charge in [0.15, 0.2) is 11.6 Å². The van der Waals surface area contributed by atoms with Gasteiger partial charge in [-0.25, -0.2) is 4.39 Å². The van der Waals surface area contributed by atoms with Gasteiger partial charge < -0.3 is 15.4 Å². The van der Waals surface area contributed by atoms with Gasteiger partial charge in [0.05, 0.1) is 6.54 Å². The Morgan fingerprint density at radius 2 is 1.88 bits per heavy atom. The van der Waals surface area contributed by atoms with Gasteiger partial charge in [0.1, 0.15) is 0 Å². The first-order chi connectivity index (χ1) is 14.8. The molecule has 1 aromatic rings. The van der Waals surface area contributed by atoms with Gasteiger partial charge in [0.25, 0.3) is 5.91 Å². The number of halogens is 4. The van der Waals surface area contributed by atoms with Crippen molar-refractivity contribution in [3.63, 3.8) is 0 Å². The average Bonchev–Trinajstić information content (AvgIpc) is 2.61. The Bertz CT molecular complexity index is 858. The molecule has 1 aliphatic heterocycles. The largest absolute Gasteiger partial charge is 0.573 e. The average molecular weight is 459 g/mol. The summed E-state index contributed by atoms with van der Waals surface area (Å²) in [5.41, 5.74) is -0.140. The number of nitrogens with zero attached hydrogens (tertiary/aromatic N) is 1. The van der Waals surface area contributed by atoms with E-state index in [1.54, 1.807) is 0 Å². The lowest BCUT2D eigenvalue weighted by molar-refractivity contribution is -0.275. The van der Waals surface area contributed by atoms with Gasteiger partial charge in [0.2, 0.25) is 5.91 Å². The van der Waals surface area contributed by atoms with Gasteiger partial charge in [-0.3, -0.25) is 14.5 Å². The zero-order valence-electron chi connectivity index (χ0n) is 18.4. The van der Waals surface area contributed by atoms with Crippen LogP contribution in [0.3, 0.4) is 0 Å². The third-order valence-corrected chi connectivity index (χ3v) is 6.26. The molecular weight excluding hydrogens is 430 g/mol. The number of amides is 2. The molecule has 0 bridgehead atoms. The minimum Gasteiger partial charge on any atom is -0.403 e. The summed E-state index contributed by atoms with van der Waals surface area (Å²) < 4.78 is 54.1. The van der Waals surface area contributed by atoms with Crippen molar-refractivity contribution in [2.45, 2.75) is 51.9 Å². The van der Waals surface area contributed by atoms with E-state index in [-0.39, 0.29) is 28.3 Å². The Balaban J connectivity index is 1.39. The topological polar surface area (TPSA) is 70.7 Å². The molecule has 3 rings (SSSR count). The normalized spacial score (nSPS) is 18.6. The minimum atomic E-state index is -5.04. The number of hydrogen-bond donors (Lipinski definition) is 2. The maximum atomic E-state index is 13.5. The predicted octanol–water partition coefficient (Wildman–Crippen LogP) is 3.47. The molecule has 1 spiro atoms. The molecule has 6 nitrogen and oxygen atoms in total. The second-order valence-electron chi connectivity index (χ2n) is 9.61. The molecular formula is C22H29F4N3O3. The van der Waals surface area contributed by atoms with Gasteiger partial charge in [0, 0.05) is 30.7 Å². The lowest BCUT2D eigenvalue weighted by Gasteiger charge is -2.59. The highest BCUT2D eigenvalue weighted by atomic mass is 19.4. The van der Waals surface area contributed by atoms with Crippen molar-refractivity contribution >= 4 is 11.8 Å². The maximum absolute atomic E-state index is 13.5. The number of rotatable bonds is 8. The highest BCUT2D eigenvalue weighted by Crippen LogP contribution is 2.51. The van der Waals surface area contributed by atoms with Crippen LogP contribution >= 0.6 is 0 Å². The number of ether oxygens (including phenoxy) is 1. The first-order valence-corrected chi connectivity index (χ1v) is 10.7. The van der Waals surface area contributed by atoms with E-state index in [1.165, 1.54) is 0 Å². The van der Waals surface area contributed by atoms with Crippen LogP contribution in [0.2, 0.25) is 0 Å². The molecule has 0 atom stereocenters. The third kappa shape index (κ3) is 6.11. The molecule has 1 aliphatic carbocycles. The summed E-state index contributed by atoms with van der Waals surface area (Å²) in [6.45, 7) is 8.45. The number of alkyl halides is 3. The zero-order valence-corrected chi connectivity index (χ0v) is 18.4. The van der Waals surface area contributed by atoms with Crippen molar-refractivity contribution in [2.75, 3.05) is 26.2 Å². The molecule has 2 N–H and O–H groups in total. The lowest BCUT2D eigenvalue weighted by Crippen LogP contribution is -2.65. The fourth-order valence-corrected chi connectivity index (χ4v) is 4.48. The Labute approximate surface area is 184 Å². The van der Waals surface area contributed by atoms with Crippen LogP contribution < -0.4 is 15.4 Å². The fourth-order valence-electron chi connectivity index (χ4n) is 4.48. The highest BCUT2D eigenvalue weighted by molar-refractivity contribution is 5.94. The molecule has 2 fully saturated rings. The fraction of sp³-hybridized carbons (Fsp3) is 0.636. The smallest absolute Gasteiger partial charge is 0.403 e. The molecule has 10 heteroatoms. The monoisotopic (exact) mass is 459 g/mol. The first kappa shape index (κ1) is 24.3. The van der Waals surface area contributed by atoms with Crippen LogP contribution in [-0.2, 0) is 4.79 Å². The second-order valence-corrected chi connectivity index (χ2v) is 9.61. The Morgan fingerprint density at radius 3 is 2.47 bits per heavy atom. The molecule has 2 aliphatic rings. The van der Waals surface area contributed by atoms with Gasteiger partial charge in [-0.1, -0.05) is 6.92 Å². The van der Waals surface area contributed by atoms with E-state index >= 15 is 0 Å². The van der Waals surface area contributed by atoms with Gasteiger partial charge >= 0.3 is 6.36 Å². The molecule has 0 unspecified atom stereocenters. The van der Waals surface area contributed by atoms with E-state index in [0.29, 0.717) is 13.1 Å². The molecule has 1 heterocycles. The van der Waals surface area contributed by atoms with Crippen LogP contribution in [0.15, 0.2) is 18.2 Å². The Kier molecular flexibility index (Phi) is 6.74. The van der Waals surface area contributed by atoms with Crippen LogP contribution in [-0.4, -0.2) is 54.8 Å². The van der Waals surface area contributed by atoms with E-state index < -0.39 is 23.8 Å². The van der Waals surface area contributed by atoms with Gasteiger partial charge in [-0.2, -0.15) is 0 Å². The lowest BCUT2D eigenvalue weighted by atomic mass is 9.57. The molecule has 0 aromatic heterocycles. The van der Waals surface area contributed by atoms with Crippen LogP contribution in [0.25, 0.3) is 0 Å². The summed E-state index contributed by atoms with van der Waals surface area (Å²) in [7, 11) is 0. The van der Waals surface area contributed by atoms with E-state index in [2.05, 4.69) is 20.3 Å². The second kappa shape index (κ2) is 8.88. The SMILES string of the molecule is CCC(C)(C)NC(=O)CN1CC2(CC(CNC(=O)c3ccc(F)c(OC(F)(F)F)c3)C2)C1. The molecule has 178 valence electrons. The summed E-state index contributed by atoms with van der Waals surface area (Å²) in [5.74, 6) is -2.53. The molecule has 1 aromatic carbocycles. The van der Waals surface area contributed by atoms with Crippen molar-refractivity contribution in [1.29, 1.82) is 0 Å². The molecule has 1 saturated heterocycles. The number of carbonyl (C=O) groups is 2. The number of carbonyl (C=O) groups excluding carboxylic acids is 2. The van der Waals surface area contributed by atoms with Crippen molar-refractivity contribution in [2.24, 2.45) is 11.3 Å². The summed E-state index contributed by atoms with van der Waals surface area (Å²) in [6.07, 6.45) is -2.36. The van der Waals surface area contributed by atoms with Crippen LogP contribution in [0.4, 0.5) is 17.6 Å². The van der Waals surface area contributed by atoms with E-state index in [4.69, 9.17) is 0 Å². The number of benzene rings is 1. The van der Waals surface area contributed by atoms with Crippen LogP contribution in [0, 0.1) is 17.2 Å². The molecule has 2 amide bonds. The summed E-state index contributed by atoms with van der Waals surface area (Å²) in [6, 6.07) is 2.63. The summed E-state index contributed by atoms with van der Waals surface area (Å²) in [4.78, 5) is 26.5. The van der Waals surface area contributed by atoms with Crippen LogP contribution in [0.5, 0.6) is 5.75 Å². The van der Waals surface area contributed by atoms with Crippen LogP contribution in [0.1, 0.15) is 50.4 Å². The number of likely N-dealkylation sites (tertiary alicyclic amines) is 1.